The lowest BCUT2D eigenvalue weighted by molar-refractivity contribution is -0.175. The number of hydrogen-bond acceptors (Lipinski definition) is 5. The van der Waals surface area contributed by atoms with Crippen molar-refractivity contribution in [3.63, 3.8) is 0 Å². The molecule has 190 valence electrons. The second-order valence-electron chi connectivity index (χ2n) is 13.4. The minimum atomic E-state index is -0.782. The molecule has 0 aliphatic heterocycles. The van der Waals surface area contributed by atoms with Crippen LogP contribution in [0.25, 0.3) is 0 Å². The van der Waals surface area contributed by atoms with Gasteiger partial charge in [0.2, 0.25) is 0 Å². The Morgan fingerprint density at radius 3 is 2.15 bits per heavy atom. The highest BCUT2D eigenvalue weighted by Crippen LogP contribution is 2.67. The monoisotopic (exact) mass is 464 g/mol. The molecule has 4 aliphatic carbocycles. The van der Waals surface area contributed by atoms with Gasteiger partial charge in [-0.1, -0.05) is 41.5 Å². The molecule has 0 spiro atoms. The Labute approximate surface area is 200 Å². The van der Waals surface area contributed by atoms with Crippen LogP contribution in [0.5, 0.6) is 0 Å². The number of carbonyl (C=O) groups is 1. The topological polar surface area (TPSA) is 98.0 Å². The van der Waals surface area contributed by atoms with Crippen LogP contribution in [-0.2, 0) is 4.79 Å². The zero-order valence-electron chi connectivity index (χ0n) is 21.6. The SMILES string of the molecule is CC(C)[C@H](C)[C@@H](O)[C@H](O)[C@@H](C)[C@@H]1CC[C@H]2[C@@H]3CC(=O)[C@H]4C[C@H](O)[C@H](O)C[C@]4(C)[C@H]3CC[C@]12C. The first-order chi connectivity index (χ1) is 15.3. The van der Waals surface area contributed by atoms with E-state index in [4.69, 9.17) is 0 Å². The maximum Gasteiger partial charge on any atom is 0.136 e. The van der Waals surface area contributed by atoms with Crippen LogP contribution in [0, 0.1) is 58.2 Å². The van der Waals surface area contributed by atoms with Crippen molar-refractivity contribution in [1.82, 2.24) is 0 Å². The van der Waals surface area contributed by atoms with Gasteiger partial charge in [0.15, 0.2) is 0 Å². The summed E-state index contributed by atoms with van der Waals surface area (Å²) >= 11 is 0. The molecular formula is C28H48O5. The van der Waals surface area contributed by atoms with Crippen molar-refractivity contribution >= 4 is 5.78 Å². The summed E-state index contributed by atoms with van der Waals surface area (Å²) in [6.07, 6.45) is 2.80. The number of rotatable bonds is 5. The number of aliphatic hydroxyl groups excluding tert-OH is 4. The molecule has 0 aromatic carbocycles. The second-order valence-corrected chi connectivity index (χ2v) is 13.4. The minimum absolute atomic E-state index is 0.0158. The summed E-state index contributed by atoms with van der Waals surface area (Å²) in [4.78, 5) is 13.3. The van der Waals surface area contributed by atoms with E-state index in [1.54, 1.807) is 0 Å². The van der Waals surface area contributed by atoms with Crippen LogP contribution in [0.4, 0.5) is 0 Å². The van der Waals surface area contributed by atoms with Gasteiger partial charge < -0.3 is 20.4 Å². The average molecular weight is 465 g/mol. The van der Waals surface area contributed by atoms with Crippen molar-refractivity contribution in [2.45, 2.75) is 111 Å². The molecule has 0 saturated heterocycles. The van der Waals surface area contributed by atoms with E-state index in [0.29, 0.717) is 48.9 Å². The fraction of sp³-hybridized carbons (Fsp3) is 0.964. The first kappa shape index (κ1) is 25.6. The minimum Gasteiger partial charge on any atom is -0.390 e. The lowest BCUT2D eigenvalue weighted by Gasteiger charge is -2.61. The summed E-state index contributed by atoms with van der Waals surface area (Å²) < 4.78 is 0. The predicted octanol–water partition coefficient (Wildman–Crippen LogP) is 3.81. The van der Waals surface area contributed by atoms with Gasteiger partial charge in [-0.25, -0.2) is 0 Å². The molecule has 0 heterocycles. The normalized spacial score (nSPS) is 49.1. The number of aliphatic hydroxyl groups is 4. The summed E-state index contributed by atoms with van der Waals surface area (Å²) in [6, 6.07) is 0. The third kappa shape index (κ3) is 3.93. The van der Waals surface area contributed by atoms with E-state index in [1.807, 2.05) is 6.92 Å². The molecule has 0 radical (unpaired) electrons. The molecule has 4 rings (SSSR count). The van der Waals surface area contributed by atoms with Gasteiger partial charge in [-0.3, -0.25) is 4.79 Å². The van der Waals surface area contributed by atoms with Gasteiger partial charge >= 0.3 is 0 Å². The van der Waals surface area contributed by atoms with E-state index in [2.05, 4.69) is 34.6 Å². The van der Waals surface area contributed by atoms with Crippen LogP contribution in [0.15, 0.2) is 0 Å². The highest BCUT2D eigenvalue weighted by molar-refractivity contribution is 5.83. The van der Waals surface area contributed by atoms with Crippen LogP contribution >= 0.6 is 0 Å². The molecule has 0 aromatic rings. The van der Waals surface area contributed by atoms with Crippen LogP contribution < -0.4 is 0 Å². The second kappa shape index (κ2) is 8.87. The first-order valence-corrected chi connectivity index (χ1v) is 13.6. The Kier molecular flexibility index (Phi) is 6.88. The van der Waals surface area contributed by atoms with E-state index in [9.17, 15) is 25.2 Å². The Morgan fingerprint density at radius 2 is 1.52 bits per heavy atom. The smallest absolute Gasteiger partial charge is 0.136 e. The van der Waals surface area contributed by atoms with Crippen molar-refractivity contribution in [1.29, 1.82) is 0 Å². The largest absolute Gasteiger partial charge is 0.390 e. The molecule has 33 heavy (non-hydrogen) atoms. The Morgan fingerprint density at radius 1 is 0.879 bits per heavy atom. The summed E-state index contributed by atoms with van der Waals surface area (Å²) in [6.45, 7) is 12.9. The summed E-state index contributed by atoms with van der Waals surface area (Å²) in [5.74, 6) is 2.05. The van der Waals surface area contributed by atoms with E-state index < -0.39 is 24.4 Å². The van der Waals surface area contributed by atoms with E-state index in [1.165, 1.54) is 0 Å². The maximum atomic E-state index is 13.3. The fourth-order valence-corrected chi connectivity index (χ4v) is 9.23. The Hall–Kier alpha value is -0.490. The quantitative estimate of drug-likeness (QED) is 0.496. The summed E-state index contributed by atoms with van der Waals surface area (Å²) in [5.41, 5.74) is -0.162. The molecule has 0 amide bonds. The predicted molar refractivity (Wildman–Crippen MR) is 128 cm³/mol. The molecule has 13 atom stereocenters. The molecule has 0 aromatic heterocycles. The standard InChI is InChI=1S/C28H48O5/c1-14(2)15(3)25(32)26(33)16(4)18-7-8-19-17-11-22(29)21-12-23(30)24(31)13-28(21,6)20(17)9-10-27(18,19)5/h14-21,23-26,30-33H,7-13H2,1-6H3/t15-,16-,17-,18-,19-,20-,21+,23-,24+,25+,26+,27+,28+/m0/s1. The number of ketones is 1. The highest BCUT2D eigenvalue weighted by atomic mass is 16.3. The Bertz CT molecular complexity index is 738. The zero-order chi connectivity index (χ0) is 24.5. The van der Waals surface area contributed by atoms with Gasteiger partial charge in [0.25, 0.3) is 0 Å². The van der Waals surface area contributed by atoms with Crippen molar-refractivity contribution in [3.05, 3.63) is 0 Å². The first-order valence-electron chi connectivity index (χ1n) is 13.6. The lowest BCUT2D eigenvalue weighted by atomic mass is 9.44. The van der Waals surface area contributed by atoms with E-state index in [-0.39, 0.29) is 34.4 Å². The van der Waals surface area contributed by atoms with Crippen molar-refractivity contribution < 1.29 is 25.2 Å². The van der Waals surface area contributed by atoms with Crippen LogP contribution in [0.1, 0.15) is 86.5 Å². The zero-order valence-corrected chi connectivity index (χ0v) is 21.6. The molecule has 0 unspecified atom stereocenters. The number of fused-ring (bicyclic) bond motifs is 5. The van der Waals surface area contributed by atoms with Crippen molar-refractivity contribution in [3.8, 4) is 0 Å². The fourth-order valence-electron chi connectivity index (χ4n) is 9.23. The number of Topliss-reactive ketones (excluding diaryl/α,β-unsaturated/α-hetero) is 1. The van der Waals surface area contributed by atoms with Gasteiger partial charge in [0.05, 0.1) is 24.4 Å². The molecule has 4 N–H and O–H groups in total. The molecule has 5 nitrogen and oxygen atoms in total. The molecule has 4 saturated carbocycles. The van der Waals surface area contributed by atoms with Crippen LogP contribution in [0.3, 0.4) is 0 Å². The number of hydrogen-bond donors (Lipinski definition) is 4. The highest BCUT2D eigenvalue weighted by Gasteiger charge is 2.63. The van der Waals surface area contributed by atoms with Gasteiger partial charge in [0.1, 0.15) is 5.78 Å². The van der Waals surface area contributed by atoms with Gasteiger partial charge in [-0.2, -0.15) is 0 Å². The number of carbonyl (C=O) groups excluding carboxylic acids is 1. The van der Waals surface area contributed by atoms with Crippen molar-refractivity contribution in [2.24, 2.45) is 58.2 Å². The lowest BCUT2D eigenvalue weighted by Crippen LogP contribution is -2.59. The van der Waals surface area contributed by atoms with Crippen molar-refractivity contribution in [2.75, 3.05) is 0 Å². The van der Waals surface area contributed by atoms with E-state index >= 15 is 0 Å². The van der Waals surface area contributed by atoms with Crippen LogP contribution in [-0.4, -0.2) is 50.6 Å². The molecule has 0 bridgehead atoms. The average Bonchev–Trinajstić information content (AvgIpc) is 3.10. The Balaban J connectivity index is 1.56. The third-order valence-corrected chi connectivity index (χ3v) is 11.7. The van der Waals surface area contributed by atoms with Crippen LogP contribution in [0.2, 0.25) is 0 Å². The molecular weight excluding hydrogens is 416 g/mol. The van der Waals surface area contributed by atoms with Gasteiger partial charge in [-0.15, -0.1) is 0 Å². The molecule has 4 fully saturated rings. The van der Waals surface area contributed by atoms with Gasteiger partial charge in [-0.05, 0) is 90.8 Å². The van der Waals surface area contributed by atoms with Gasteiger partial charge in [0, 0.05) is 12.3 Å². The maximum absolute atomic E-state index is 13.3. The molecule has 4 aliphatic rings. The van der Waals surface area contributed by atoms with E-state index in [0.717, 1.165) is 25.7 Å². The summed E-state index contributed by atoms with van der Waals surface area (Å²) in [5, 5.41) is 42.8. The third-order valence-electron chi connectivity index (χ3n) is 11.7. The summed E-state index contributed by atoms with van der Waals surface area (Å²) in [7, 11) is 0. The molecule has 5 heteroatoms.